The molecule has 174 valence electrons. The zero-order valence-electron chi connectivity index (χ0n) is 18.8. The second-order valence-electron chi connectivity index (χ2n) is 9.51. The van der Waals surface area contributed by atoms with Crippen LogP contribution in [0.15, 0.2) is 24.3 Å². The van der Waals surface area contributed by atoms with Crippen molar-refractivity contribution in [3.8, 4) is 0 Å². The van der Waals surface area contributed by atoms with Crippen LogP contribution in [-0.2, 0) is 25.4 Å². The first kappa shape index (κ1) is 24.8. The molecule has 1 unspecified atom stereocenters. The van der Waals surface area contributed by atoms with Crippen LogP contribution >= 0.6 is 24.0 Å². The number of carbonyl (C=O) groups excluding carboxylic acids is 2. The van der Waals surface area contributed by atoms with E-state index in [1.165, 1.54) is 40.9 Å². The minimum absolute atomic E-state index is 0.0361. The Balaban J connectivity index is 1.53. The van der Waals surface area contributed by atoms with E-state index in [1.54, 1.807) is 0 Å². The highest BCUT2D eigenvalue weighted by atomic mass is 32.2. The second kappa shape index (κ2) is 9.20. The van der Waals surface area contributed by atoms with E-state index in [1.807, 2.05) is 0 Å². The van der Waals surface area contributed by atoms with E-state index in [2.05, 4.69) is 33.9 Å². The van der Waals surface area contributed by atoms with Gasteiger partial charge in [-0.05, 0) is 42.2 Å². The summed E-state index contributed by atoms with van der Waals surface area (Å²) in [4.78, 5) is 37.2. The van der Waals surface area contributed by atoms with Crippen molar-refractivity contribution in [2.45, 2.75) is 63.3 Å². The molecule has 0 radical (unpaired) electrons. The summed E-state index contributed by atoms with van der Waals surface area (Å²) in [6.07, 6.45) is 0.604. The molecule has 0 aliphatic carbocycles. The number of esters is 1. The van der Waals surface area contributed by atoms with Crippen LogP contribution in [0.5, 0.6) is 0 Å². The van der Waals surface area contributed by atoms with Gasteiger partial charge in [0.25, 0.3) is 5.69 Å². The number of nitrogens with zero attached hydrogens (tertiary/aromatic N) is 2. The number of carbonyl (C=O) groups is 2. The van der Waals surface area contributed by atoms with E-state index in [4.69, 9.17) is 21.4 Å². The third kappa shape index (κ3) is 4.90. The van der Waals surface area contributed by atoms with Crippen LogP contribution in [0.4, 0.5) is 5.69 Å². The van der Waals surface area contributed by atoms with Gasteiger partial charge in [0.2, 0.25) is 5.91 Å². The predicted molar refractivity (Wildman–Crippen MR) is 129 cm³/mol. The molecular weight excluding hydrogens is 468 g/mol. The number of nitro groups is 1. The maximum Gasteiger partial charge on any atom is 0.335 e. The normalized spacial score (nSPS) is 23.0. The highest BCUT2D eigenvalue weighted by Gasteiger charge is 2.59. The summed E-state index contributed by atoms with van der Waals surface area (Å²) in [5.41, 5.74) is 0.582. The van der Waals surface area contributed by atoms with Crippen LogP contribution in [0, 0.1) is 16.0 Å². The van der Waals surface area contributed by atoms with E-state index in [0.29, 0.717) is 22.8 Å². The molecule has 3 rings (SSSR count). The van der Waals surface area contributed by atoms with Crippen LogP contribution in [-0.4, -0.2) is 52.2 Å². The standard InChI is InChI=1S/C21H28N2O6S2Si/c1-21(2,3)32(4,5)29-11-10-15-17(24)22-16(20(30)31-18(15)22)19(25)28-12-13-6-8-14(9-7-13)23(26)27/h6-9,15-16,18H,10-12H2,1-5H3/t15-,16?,18-/m0/s1. The van der Waals surface area contributed by atoms with Crippen molar-refractivity contribution < 1.29 is 23.7 Å². The zero-order valence-corrected chi connectivity index (χ0v) is 21.5. The fraction of sp³-hybridized carbons (Fsp3) is 0.571. The van der Waals surface area contributed by atoms with Crippen molar-refractivity contribution in [2.24, 2.45) is 5.92 Å². The van der Waals surface area contributed by atoms with Crippen molar-refractivity contribution >= 4 is 54.1 Å². The summed E-state index contributed by atoms with van der Waals surface area (Å²) in [7, 11) is -1.88. The van der Waals surface area contributed by atoms with E-state index in [0.717, 1.165) is 0 Å². The summed E-state index contributed by atoms with van der Waals surface area (Å²) in [6.45, 7) is 11.3. The molecule has 1 aromatic rings. The number of amides is 1. The van der Waals surface area contributed by atoms with Crippen molar-refractivity contribution in [1.82, 2.24) is 4.90 Å². The summed E-state index contributed by atoms with van der Waals surface area (Å²) >= 11 is 6.75. The summed E-state index contributed by atoms with van der Waals surface area (Å²) in [5, 5.41) is 10.7. The number of nitro benzene ring substituents is 1. The maximum atomic E-state index is 12.8. The van der Waals surface area contributed by atoms with Crippen LogP contribution in [0.1, 0.15) is 32.8 Å². The highest BCUT2D eigenvalue weighted by Crippen LogP contribution is 2.47. The van der Waals surface area contributed by atoms with Gasteiger partial charge in [-0.25, -0.2) is 4.79 Å². The second-order valence-corrected chi connectivity index (χ2v) is 16.2. The minimum Gasteiger partial charge on any atom is -0.459 e. The number of thioether (sulfide) groups is 1. The Kier molecular flexibility index (Phi) is 7.13. The Morgan fingerprint density at radius 2 is 1.91 bits per heavy atom. The molecule has 1 amide bonds. The SMILES string of the molecule is CC(C)(C)[Si](C)(C)OCC[C@H]1C(=O)N2C(C(=O)OCc3ccc([N+](=O)[O-])cc3)C(=S)S[C@@H]12. The van der Waals surface area contributed by atoms with Crippen LogP contribution in [0.3, 0.4) is 0 Å². The van der Waals surface area contributed by atoms with Gasteiger partial charge in [-0.2, -0.15) is 0 Å². The molecule has 0 saturated carbocycles. The smallest absolute Gasteiger partial charge is 0.335 e. The van der Waals surface area contributed by atoms with Crippen LogP contribution in [0.2, 0.25) is 18.1 Å². The number of rotatable bonds is 8. The molecule has 0 N–H and O–H groups in total. The van der Waals surface area contributed by atoms with E-state index in [9.17, 15) is 19.7 Å². The molecule has 32 heavy (non-hydrogen) atoms. The van der Waals surface area contributed by atoms with Gasteiger partial charge >= 0.3 is 5.97 Å². The Morgan fingerprint density at radius 3 is 2.47 bits per heavy atom. The van der Waals surface area contributed by atoms with Gasteiger partial charge in [0, 0.05) is 18.7 Å². The largest absolute Gasteiger partial charge is 0.459 e. The third-order valence-electron chi connectivity index (χ3n) is 6.38. The molecule has 2 saturated heterocycles. The molecule has 0 bridgehead atoms. The molecule has 2 aliphatic rings. The Hall–Kier alpha value is -1.82. The zero-order chi connectivity index (χ0) is 23.8. The van der Waals surface area contributed by atoms with Crippen molar-refractivity contribution in [1.29, 1.82) is 0 Å². The first-order valence-corrected chi connectivity index (χ1v) is 14.6. The number of β-lactam (4-membered cyclic amide) rings is 1. The fourth-order valence-electron chi connectivity index (χ4n) is 3.34. The van der Waals surface area contributed by atoms with Gasteiger partial charge in [0.1, 0.15) is 6.61 Å². The molecule has 3 atom stereocenters. The topological polar surface area (TPSA) is 99.0 Å². The lowest BCUT2D eigenvalue weighted by atomic mass is 9.93. The summed E-state index contributed by atoms with van der Waals surface area (Å²) < 4.78 is 12.0. The van der Waals surface area contributed by atoms with E-state index in [-0.39, 0.29) is 34.5 Å². The number of benzene rings is 1. The van der Waals surface area contributed by atoms with Gasteiger partial charge in [0.05, 0.1) is 20.4 Å². The fourth-order valence-corrected chi connectivity index (χ4v) is 6.24. The number of hydrogen-bond acceptors (Lipinski definition) is 8. The lowest BCUT2D eigenvalue weighted by Crippen LogP contribution is -2.62. The number of fused-ring (bicyclic) bond motifs is 1. The Bertz CT molecular complexity index is 931. The first-order valence-electron chi connectivity index (χ1n) is 10.4. The van der Waals surface area contributed by atoms with E-state index < -0.39 is 25.3 Å². The molecule has 2 heterocycles. The average molecular weight is 497 g/mol. The average Bonchev–Trinajstić information content (AvgIpc) is 3.02. The van der Waals surface area contributed by atoms with Gasteiger partial charge in [-0.1, -0.05) is 44.8 Å². The number of hydrogen-bond donors (Lipinski definition) is 0. The molecule has 11 heteroatoms. The quantitative estimate of drug-likeness (QED) is 0.131. The van der Waals surface area contributed by atoms with Gasteiger partial charge in [-0.15, -0.1) is 0 Å². The molecule has 1 aromatic carbocycles. The number of thiocarbonyl (C=S) groups is 1. The van der Waals surface area contributed by atoms with Gasteiger partial charge < -0.3 is 14.1 Å². The molecule has 0 spiro atoms. The Morgan fingerprint density at radius 1 is 1.28 bits per heavy atom. The lowest BCUT2D eigenvalue weighted by molar-refractivity contribution is -0.384. The monoisotopic (exact) mass is 496 g/mol. The summed E-state index contributed by atoms with van der Waals surface area (Å²) in [6, 6.07) is 4.89. The summed E-state index contributed by atoms with van der Waals surface area (Å²) in [5.74, 6) is -0.888. The Labute approximate surface area is 198 Å². The van der Waals surface area contributed by atoms with Gasteiger partial charge in [-0.3, -0.25) is 14.9 Å². The first-order chi connectivity index (χ1) is 14.8. The maximum absolute atomic E-state index is 12.8. The molecule has 2 aliphatic heterocycles. The van der Waals surface area contributed by atoms with Crippen LogP contribution < -0.4 is 0 Å². The molecular formula is C21H28N2O6S2Si. The van der Waals surface area contributed by atoms with E-state index >= 15 is 0 Å². The van der Waals surface area contributed by atoms with Crippen molar-refractivity contribution in [2.75, 3.05) is 6.61 Å². The van der Waals surface area contributed by atoms with Crippen molar-refractivity contribution in [3.05, 3.63) is 39.9 Å². The molecule has 8 nitrogen and oxygen atoms in total. The number of ether oxygens (including phenoxy) is 1. The molecule has 0 aromatic heterocycles. The third-order valence-corrected chi connectivity index (χ3v) is 12.7. The van der Waals surface area contributed by atoms with Crippen LogP contribution in [0.25, 0.3) is 0 Å². The predicted octanol–water partition coefficient (Wildman–Crippen LogP) is 4.28. The lowest BCUT2D eigenvalue weighted by Gasteiger charge is -2.44. The molecule has 2 fully saturated rings. The highest BCUT2D eigenvalue weighted by molar-refractivity contribution is 8.24. The van der Waals surface area contributed by atoms with Gasteiger partial charge in [0.15, 0.2) is 14.4 Å². The van der Waals surface area contributed by atoms with Crippen molar-refractivity contribution in [3.63, 3.8) is 0 Å². The number of non-ortho nitro benzene ring substituents is 1. The minimum atomic E-state index is -1.88.